The van der Waals surface area contributed by atoms with Gasteiger partial charge in [0.2, 0.25) is 17.6 Å². The molecule has 21 heteroatoms. The number of amides is 4. The second-order valence-electron chi connectivity index (χ2n) is 17.0. The molecule has 2 aromatic carbocycles. The van der Waals surface area contributed by atoms with Crippen molar-refractivity contribution in [1.29, 1.82) is 0 Å². The zero-order chi connectivity index (χ0) is 47.5. The number of aryl methyl sites for hydroxylation is 3. The van der Waals surface area contributed by atoms with Crippen molar-refractivity contribution in [2.45, 2.75) is 84.2 Å². The summed E-state index contributed by atoms with van der Waals surface area (Å²) in [4.78, 5) is 66.3. The van der Waals surface area contributed by atoms with Gasteiger partial charge in [-0.3, -0.25) is 19.2 Å². The standard InChI is InChI=1S/C47H55N11O10/c1-5-58-37(23-33(55-58)27-9-10-27)51-43-41-29-22-36(64-4)30(40-25(2)56-68-26(40)3)21-34(29)50-42(41)53-44(54-43)46(62)48-14-16-66-18-20-67-19-17-65-15-13-39(60)49-32-8-6-7-28-31(32)24-57(47(28)63)35-11-12-38(59)52-45(35)61/h6-8,21-23,27,35,38,59H,5,9-20,24H2,1-4H3,(H,48,62)(H,49,60)(H,52,61)(H2,50,51,53,54). The summed E-state index contributed by atoms with van der Waals surface area (Å²) in [5.41, 5.74) is 6.21. The van der Waals surface area contributed by atoms with E-state index >= 15 is 0 Å². The highest BCUT2D eigenvalue weighted by atomic mass is 16.5. The number of aromatic amines is 1. The number of methoxy groups -OCH3 is 1. The van der Waals surface area contributed by atoms with E-state index in [1.165, 1.54) is 4.90 Å². The lowest BCUT2D eigenvalue weighted by Gasteiger charge is -2.32. The van der Waals surface area contributed by atoms with Crippen molar-refractivity contribution in [3.8, 4) is 16.9 Å². The predicted octanol–water partition coefficient (Wildman–Crippen LogP) is 4.59. The number of rotatable bonds is 21. The Morgan fingerprint density at radius 2 is 1.74 bits per heavy atom. The first kappa shape index (κ1) is 46.2. The van der Waals surface area contributed by atoms with E-state index in [0.717, 1.165) is 52.1 Å². The van der Waals surface area contributed by atoms with Crippen molar-refractivity contribution in [3.63, 3.8) is 0 Å². The van der Waals surface area contributed by atoms with Gasteiger partial charge in [0, 0.05) is 64.9 Å². The monoisotopic (exact) mass is 933 g/mol. The highest BCUT2D eigenvalue weighted by Gasteiger charge is 2.40. The van der Waals surface area contributed by atoms with Crippen LogP contribution in [0, 0.1) is 13.8 Å². The number of piperidine rings is 1. The molecule has 6 heterocycles. The molecule has 4 aromatic heterocycles. The number of fused-ring (bicyclic) bond motifs is 4. The Balaban J connectivity index is 0.735. The van der Waals surface area contributed by atoms with Gasteiger partial charge in [0.15, 0.2) is 0 Å². The Morgan fingerprint density at radius 3 is 2.46 bits per heavy atom. The highest BCUT2D eigenvalue weighted by Crippen LogP contribution is 2.43. The van der Waals surface area contributed by atoms with Crippen LogP contribution in [0.1, 0.15) is 88.6 Å². The average molecular weight is 934 g/mol. The van der Waals surface area contributed by atoms with Crippen LogP contribution in [0.3, 0.4) is 0 Å². The zero-order valence-electron chi connectivity index (χ0n) is 38.4. The molecular weight excluding hydrogens is 879 g/mol. The smallest absolute Gasteiger partial charge is 0.289 e. The van der Waals surface area contributed by atoms with Crippen LogP contribution in [0.4, 0.5) is 17.3 Å². The lowest BCUT2D eigenvalue weighted by atomic mass is 10.0. The summed E-state index contributed by atoms with van der Waals surface area (Å²) in [6.07, 6.45) is 2.09. The van der Waals surface area contributed by atoms with Crippen molar-refractivity contribution < 1.29 is 47.8 Å². The van der Waals surface area contributed by atoms with Gasteiger partial charge >= 0.3 is 0 Å². The van der Waals surface area contributed by atoms with E-state index < -0.39 is 24.1 Å². The molecule has 6 aromatic rings. The number of nitrogens with one attached hydrogen (secondary N) is 5. The number of aliphatic hydroxyl groups is 1. The van der Waals surface area contributed by atoms with Crippen molar-refractivity contribution in [1.82, 2.24) is 45.4 Å². The normalized spacial score (nSPS) is 16.9. The molecule has 0 radical (unpaired) electrons. The van der Waals surface area contributed by atoms with Gasteiger partial charge in [-0.2, -0.15) is 5.10 Å². The third-order valence-electron chi connectivity index (χ3n) is 12.3. The van der Waals surface area contributed by atoms with Crippen LogP contribution in [0.15, 0.2) is 40.9 Å². The van der Waals surface area contributed by atoms with Gasteiger partial charge in [-0.1, -0.05) is 11.2 Å². The molecule has 68 heavy (non-hydrogen) atoms. The first-order valence-corrected chi connectivity index (χ1v) is 22.9. The Morgan fingerprint density at radius 1 is 0.956 bits per heavy atom. The van der Waals surface area contributed by atoms with Crippen LogP contribution < -0.4 is 26.0 Å². The third-order valence-corrected chi connectivity index (χ3v) is 12.3. The minimum atomic E-state index is -0.917. The van der Waals surface area contributed by atoms with E-state index in [9.17, 15) is 24.3 Å². The quantitative estimate of drug-likeness (QED) is 0.0540. The van der Waals surface area contributed by atoms with Crippen LogP contribution in [-0.4, -0.2) is 129 Å². The van der Waals surface area contributed by atoms with Crippen molar-refractivity contribution in [2.24, 2.45) is 0 Å². The summed E-state index contributed by atoms with van der Waals surface area (Å²) >= 11 is 0. The summed E-state index contributed by atoms with van der Waals surface area (Å²) in [7, 11) is 1.62. The summed E-state index contributed by atoms with van der Waals surface area (Å²) in [6.45, 7) is 8.31. The molecule has 9 rings (SSSR count). The van der Waals surface area contributed by atoms with E-state index in [-0.39, 0.29) is 70.2 Å². The van der Waals surface area contributed by atoms with Gasteiger partial charge in [0.25, 0.3) is 11.8 Å². The average Bonchev–Trinajstić information content (AvgIpc) is 3.70. The van der Waals surface area contributed by atoms with Crippen LogP contribution in [0.2, 0.25) is 0 Å². The predicted molar refractivity (Wildman–Crippen MR) is 248 cm³/mol. The Kier molecular flexibility index (Phi) is 13.7. The molecule has 1 saturated carbocycles. The van der Waals surface area contributed by atoms with Gasteiger partial charge in [0.1, 0.15) is 41.1 Å². The van der Waals surface area contributed by atoms with Gasteiger partial charge in [-0.05, 0) is 70.7 Å². The topological polar surface area (TPSA) is 262 Å². The van der Waals surface area contributed by atoms with Gasteiger partial charge in [-0.25, -0.2) is 14.6 Å². The number of carbonyl (C=O) groups excluding carboxylic acids is 4. The van der Waals surface area contributed by atoms with E-state index in [1.807, 2.05) is 43.7 Å². The largest absolute Gasteiger partial charge is 0.496 e. The first-order valence-electron chi connectivity index (χ1n) is 22.9. The molecule has 2 unspecified atom stereocenters. The fourth-order valence-electron chi connectivity index (χ4n) is 8.76. The Bertz CT molecular complexity index is 2850. The van der Waals surface area contributed by atoms with Crippen LogP contribution in [0.25, 0.3) is 33.1 Å². The second-order valence-corrected chi connectivity index (χ2v) is 17.0. The van der Waals surface area contributed by atoms with Gasteiger partial charge in [-0.15, -0.1) is 0 Å². The maximum absolute atomic E-state index is 13.6. The number of aromatic nitrogens is 6. The van der Waals surface area contributed by atoms with Crippen molar-refractivity contribution >= 4 is 62.9 Å². The van der Waals surface area contributed by atoms with Crippen molar-refractivity contribution in [2.75, 3.05) is 63.9 Å². The number of anilines is 3. The lowest BCUT2D eigenvalue weighted by Crippen LogP contribution is -2.54. The van der Waals surface area contributed by atoms with Gasteiger partial charge < -0.3 is 59.7 Å². The van der Waals surface area contributed by atoms with E-state index in [4.69, 9.17) is 33.6 Å². The van der Waals surface area contributed by atoms with Crippen LogP contribution in [0.5, 0.6) is 5.75 Å². The molecule has 2 fully saturated rings. The molecule has 0 bridgehead atoms. The molecule has 0 spiro atoms. The summed E-state index contributed by atoms with van der Waals surface area (Å²) in [6, 6.07) is 10.4. The molecule has 3 aliphatic rings. The van der Waals surface area contributed by atoms with E-state index in [1.54, 1.807) is 25.3 Å². The summed E-state index contributed by atoms with van der Waals surface area (Å²) < 4.78 is 30.1. The molecule has 4 amide bonds. The Hall–Kier alpha value is -6.94. The minimum Gasteiger partial charge on any atom is -0.496 e. The highest BCUT2D eigenvalue weighted by molar-refractivity contribution is 6.14. The van der Waals surface area contributed by atoms with Crippen molar-refractivity contribution in [3.05, 3.63) is 70.5 Å². The zero-order valence-corrected chi connectivity index (χ0v) is 38.4. The molecule has 358 valence electrons. The number of benzene rings is 2. The fourth-order valence-corrected chi connectivity index (χ4v) is 8.76. The number of H-pyrrole nitrogens is 1. The number of nitrogens with zero attached hydrogens (tertiary/aromatic N) is 6. The fraction of sp³-hybridized carbons (Fsp3) is 0.447. The van der Waals surface area contributed by atoms with E-state index in [2.05, 4.69) is 36.4 Å². The summed E-state index contributed by atoms with van der Waals surface area (Å²) in [5, 5.41) is 31.9. The van der Waals surface area contributed by atoms with E-state index in [0.29, 0.717) is 77.1 Å². The second kappa shape index (κ2) is 20.1. The SMILES string of the molecule is CCn1nc(C2CC2)cc1Nc1nc(C(=O)NCCOCCOCCOCCC(=O)Nc2cccc3c2CN(C2CCC(O)NC2=O)C3=O)nc2[nH]c3cc(-c4c(C)noc4C)c(OC)cc3c12. The van der Waals surface area contributed by atoms with Crippen LogP contribution in [-0.2, 0) is 36.9 Å². The number of aliphatic hydroxyl groups excluding tert-OH is 1. The molecule has 2 aliphatic heterocycles. The molecule has 21 nitrogen and oxygen atoms in total. The third kappa shape index (κ3) is 9.73. The number of ether oxygens (including phenoxy) is 4. The van der Waals surface area contributed by atoms with Crippen LogP contribution >= 0.6 is 0 Å². The van der Waals surface area contributed by atoms with Gasteiger partial charge in [0.05, 0.1) is 75.5 Å². The molecular formula is C47H55N11O10. The minimum absolute atomic E-state index is 0.0314. The molecule has 6 N–H and O–H groups in total. The lowest BCUT2D eigenvalue weighted by molar-refractivity contribution is -0.132. The first-order chi connectivity index (χ1) is 33.0. The number of hydrogen-bond donors (Lipinski definition) is 6. The maximum Gasteiger partial charge on any atom is 0.289 e. The number of carbonyl (C=O) groups is 4. The molecule has 2 atom stereocenters. The maximum atomic E-state index is 13.6. The molecule has 1 aliphatic carbocycles. The summed E-state index contributed by atoms with van der Waals surface area (Å²) in [5.74, 6) is 1.46. The molecule has 1 saturated heterocycles. The number of hydrogen-bond acceptors (Lipinski definition) is 15. The Labute approximate surface area is 390 Å².